The van der Waals surface area contributed by atoms with Crippen molar-refractivity contribution < 1.29 is 17.9 Å². The van der Waals surface area contributed by atoms with Crippen LogP contribution in [0, 0.1) is 0 Å². The van der Waals surface area contributed by atoms with Crippen LogP contribution >= 0.6 is 11.6 Å². The van der Waals surface area contributed by atoms with Crippen molar-refractivity contribution in [2.24, 2.45) is 0 Å². The van der Waals surface area contributed by atoms with Crippen LogP contribution in [0.5, 0.6) is 0 Å². The van der Waals surface area contributed by atoms with Gasteiger partial charge in [-0.25, -0.2) is 13.4 Å². The number of H-pyrrole nitrogens is 1. The van der Waals surface area contributed by atoms with E-state index in [4.69, 9.17) is 16.3 Å². The number of aromatic amines is 1. The number of halogens is 1. The van der Waals surface area contributed by atoms with Gasteiger partial charge in [-0.3, -0.25) is 19.5 Å². The molecule has 1 aliphatic heterocycles. The van der Waals surface area contributed by atoms with E-state index in [9.17, 15) is 13.2 Å². The molecule has 10 nitrogen and oxygen atoms in total. The summed E-state index contributed by atoms with van der Waals surface area (Å²) in [7, 11) is -3.52. The summed E-state index contributed by atoms with van der Waals surface area (Å²) >= 11 is 6.04. The van der Waals surface area contributed by atoms with Gasteiger partial charge in [0.15, 0.2) is 5.15 Å². The molecule has 2 aromatic heterocycles. The van der Waals surface area contributed by atoms with E-state index >= 15 is 0 Å². The number of sulfonamides is 1. The highest BCUT2D eigenvalue weighted by Crippen LogP contribution is 2.32. The van der Waals surface area contributed by atoms with Gasteiger partial charge in [0.2, 0.25) is 15.9 Å². The number of nitrogens with zero attached hydrogens (tertiary/aromatic N) is 3. The zero-order chi connectivity index (χ0) is 22.0. The molecule has 3 heterocycles. The maximum Gasteiger partial charge on any atom is 0.238 e. The van der Waals surface area contributed by atoms with Gasteiger partial charge in [-0.15, -0.1) is 0 Å². The third kappa shape index (κ3) is 5.31. The zero-order valence-electron chi connectivity index (χ0n) is 16.7. The molecule has 1 aliphatic rings. The van der Waals surface area contributed by atoms with E-state index in [1.54, 1.807) is 18.3 Å². The van der Waals surface area contributed by atoms with Crippen molar-refractivity contribution in [3.05, 3.63) is 35.7 Å². The van der Waals surface area contributed by atoms with Gasteiger partial charge in [-0.05, 0) is 23.8 Å². The van der Waals surface area contributed by atoms with Gasteiger partial charge in [0.25, 0.3) is 0 Å². The van der Waals surface area contributed by atoms with Crippen LogP contribution in [0.4, 0.5) is 11.4 Å². The second-order valence-corrected chi connectivity index (χ2v) is 9.33. The number of benzene rings is 1. The van der Waals surface area contributed by atoms with Crippen LogP contribution in [-0.4, -0.2) is 73.5 Å². The van der Waals surface area contributed by atoms with E-state index in [1.807, 2.05) is 11.0 Å². The van der Waals surface area contributed by atoms with E-state index < -0.39 is 10.0 Å². The Balaban J connectivity index is 1.64. The van der Waals surface area contributed by atoms with Crippen LogP contribution in [0.1, 0.15) is 0 Å². The Bertz CT molecular complexity index is 1220. The lowest BCUT2D eigenvalue weighted by molar-refractivity contribution is -0.118. The minimum Gasteiger partial charge on any atom is -0.379 e. The highest BCUT2D eigenvalue weighted by Gasteiger charge is 2.17. The molecule has 0 radical (unpaired) electrons. The molecule has 0 unspecified atom stereocenters. The lowest BCUT2D eigenvalue weighted by Crippen LogP contribution is -2.41. The highest BCUT2D eigenvalue weighted by atomic mass is 35.5. The number of aromatic nitrogens is 3. The minimum atomic E-state index is -3.52. The van der Waals surface area contributed by atoms with Crippen molar-refractivity contribution in [3.63, 3.8) is 0 Å². The first kappa shape index (κ1) is 21.5. The lowest BCUT2D eigenvalue weighted by atomic mass is 10.0. The lowest BCUT2D eigenvalue weighted by Gasteiger charge is -2.25. The van der Waals surface area contributed by atoms with Crippen LogP contribution in [0.2, 0.25) is 5.15 Å². The number of hydrogen-bond acceptors (Lipinski definition) is 7. The first-order valence-corrected chi connectivity index (χ1v) is 11.8. The summed E-state index contributed by atoms with van der Waals surface area (Å²) in [5, 5.41) is 10.7. The number of amides is 1. The van der Waals surface area contributed by atoms with Gasteiger partial charge in [-0.1, -0.05) is 11.6 Å². The molecule has 0 atom stereocenters. The maximum absolute atomic E-state index is 12.6. The summed E-state index contributed by atoms with van der Waals surface area (Å²) in [5.74, 6) is -0.143. The standard InChI is InChI=1S/C19H21ClN6O4S/c1-31(28,29)25-17-8-13(9-21-19(17)20)12-6-15(14-10-22-24-16(14)7-12)23-18(27)11-26-2-4-30-5-3-26/h6-10,25H,2-5,11H2,1H3,(H,22,24)(H,23,27). The van der Waals surface area contributed by atoms with Crippen molar-refractivity contribution in [1.82, 2.24) is 20.1 Å². The predicted octanol–water partition coefficient (Wildman–Crippen LogP) is 1.92. The van der Waals surface area contributed by atoms with Gasteiger partial charge in [0.1, 0.15) is 0 Å². The molecule has 0 bridgehead atoms. The molecule has 3 N–H and O–H groups in total. The third-order valence-electron chi connectivity index (χ3n) is 4.77. The molecular formula is C19H21ClN6O4S. The van der Waals surface area contributed by atoms with E-state index in [-0.39, 0.29) is 23.3 Å². The Morgan fingerprint density at radius 2 is 1.94 bits per heavy atom. The van der Waals surface area contributed by atoms with Crippen LogP contribution in [0.15, 0.2) is 30.6 Å². The monoisotopic (exact) mass is 464 g/mol. The van der Waals surface area contributed by atoms with Crippen LogP contribution in [-0.2, 0) is 19.6 Å². The highest BCUT2D eigenvalue weighted by molar-refractivity contribution is 7.92. The SMILES string of the molecule is CS(=O)(=O)Nc1cc(-c2cc(NC(=O)CN3CCOCC3)c3cn[nH]c3c2)cnc1Cl. The molecule has 3 aromatic rings. The molecule has 1 aromatic carbocycles. The zero-order valence-corrected chi connectivity index (χ0v) is 18.3. The Morgan fingerprint density at radius 3 is 2.68 bits per heavy atom. The number of rotatable bonds is 6. The summed E-state index contributed by atoms with van der Waals surface area (Å²) in [6.45, 7) is 2.91. The fraction of sp³-hybridized carbons (Fsp3) is 0.316. The van der Waals surface area contributed by atoms with Crippen molar-refractivity contribution >= 4 is 49.8 Å². The second kappa shape index (κ2) is 8.79. The number of fused-ring (bicyclic) bond motifs is 1. The Kier molecular flexibility index (Phi) is 6.10. The van der Waals surface area contributed by atoms with Gasteiger partial charge >= 0.3 is 0 Å². The van der Waals surface area contributed by atoms with E-state index in [2.05, 4.69) is 25.2 Å². The molecule has 1 saturated heterocycles. The van der Waals surface area contributed by atoms with Gasteiger partial charge < -0.3 is 10.1 Å². The van der Waals surface area contributed by atoms with Crippen LogP contribution in [0.25, 0.3) is 22.0 Å². The van der Waals surface area contributed by atoms with Crippen molar-refractivity contribution in [2.75, 3.05) is 49.1 Å². The van der Waals surface area contributed by atoms with E-state index in [0.29, 0.717) is 48.6 Å². The Hall–Kier alpha value is -2.73. The quantitative estimate of drug-likeness (QED) is 0.475. The van der Waals surface area contributed by atoms with Gasteiger partial charge in [-0.2, -0.15) is 5.10 Å². The van der Waals surface area contributed by atoms with Crippen molar-refractivity contribution in [3.8, 4) is 11.1 Å². The van der Waals surface area contributed by atoms with Crippen molar-refractivity contribution in [1.29, 1.82) is 0 Å². The fourth-order valence-electron chi connectivity index (χ4n) is 3.35. The molecule has 164 valence electrons. The minimum absolute atomic E-state index is 0.0378. The summed E-state index contributed by atoms with van der Waals surface area (Å²) in [5.41, 5.74) is 2.80. The summed E-state index contributed by atoms with van der Waals surface area (Å²) in [6.07, 6.45) is 4.21. The van der Waals surface area contributed by atoms with E-state index in [1.165, 1.54) is 6.20 Å². The number of anilines is 2. The summed E-state index contributed by atoms with van der Waals surface area (Å²) in [4.78, 5) is 18.7. The fourth-order valence-corrected chi connectivity index (χ4v) is 4.11. The number of carbonyl (C=O) groups excluding carboxylic acids is 1. The molecule has 12 heteroatoms. The molecule has 1 amide bonds. The number of hydrogen-bond donors (Lipinski definition) is 3. The number of carbonyl (C=O) groups is 1. The predicted molar refractivity (Wildman–Crippen MR) is 119 cm³/mol. The maximum atomic E-state index is 12.6. The van der Waals surface area contributed by atoms with Crippen molar-refractivity contribution in [2.45, 2.75) is 0 Å². The average molecular weight is 465 g/mol. The Labute approximate surface area is 184 Å². The first-order chi connectivity index (χ1) is 14.8. The normalized spacial score (nSPS) is 15.2. The molecule has 0 saturated carbocycles. The topological polar surface area (TPSA) is 129 Å². The van der Waals surface area contributed by atoms with E-state index in [0.717, 1.165) is 11.6 Å². The average Bonchev–Trinajstić information content (AvgIpc) is 3.18. The number of ether oxygens (including phenoxy) is 1. The molecule has 0 spiro atoms. The summed E-state index contributed by atoms with van der Waals surface area (Å²) in [6, 6.07) is 5.23. The molecule has 4 rings (SSSR count). The Morgan fingerprint density at radius 1 is 1.19 bits per heavy atom. The number of pyridine rings is 1. The number of nitrogens with one attached hydrogen (secondary N) is 3. The third-order valence-corrected chi connectivity index (χ3v) is 5.66. The van der Waals surface area contributed by atoms with Crippen LogP contribution in [0.3, 0.4) is 0 Å². The van der Waals surface area contributed by atoms with Gasteiger partial charge in [0.05, 0.1) is 49.1 Å². The second-order valence-electron chi connectivity index (χ2n) is 7.23. The first-order valence-electron chi connectivity index (χ1n) is 9.49. The van der Waals surface area contributed by atoms with Crippen LogP contribution < -0.4 is 10.0 Å². The van der Waals surface area contributed by atoms with Gasteiger partial charge in [0, 0.05) is 30.2 Å². The number of morpholine rings is 1. The molecule has 0 aliphatic carbocycles. The summed E-state index contributed by atoms with van der Waals surface area (Å²) < 4.78 is 30.9. The molecular weight excluding hydrogens is 444 g/mol. The molecule has 31 heavy (non-hydrogen) atoms. The largest absolute Gasteiger partial charge is 0.379 e. The molecule has 1 fully saturated rings. The smallest absolute Gasteiger partial charge is 0.238 e.